The lowest BCUT2D eigenvalue weighted by Gasteiger charge is -2.25. The minimum atomic E-state index is -4.05. The quantitative estimate of drug-likeness (QED) is 0.646. The lowest BCUT2D eigenvalue weighted by Crippen LogP contribution is -2.35. The molecule has 168 valence electrons. The Balaban J connectivity index is 1.87. The van der Waals surface area contributed by atoms with Gasteiger partial charge in [-0.3, -0.25) is 9.52 Å². The largest absolute Gasteiger partial charge is 0.497 e. The number of sulfonamides is 2. The van der Waals surface area contributed by atoms with Crippen molar-refractivity contribution in [1.82, 2.24) is 4.31 Å². The highest BCUT2D eigenvalue weighted by molar-refractivity contribution is 7.92. The third kappa shape index (κ3) is 5.35. The molecule has 11 heteroatoms. The van der Waals surface area contributed by atoms with Crippen LogP contribution in [0.3, 0.4) is 0 Å². The Morgan fingerprint density at radius 3 is 2.10 bits per heavy atom. The van der Waals surface area contributed by atoms with Gasteiger partial charge in [0, 0.05) is 26.1 Å². The van der Waals surface area contributed by atoms with Gasteiger partial charge in [-0.1, -0.05) is 6.42 Å². The van der Waals surface area contributed by atoms with Crippen LogP contribution in [0.2, 0.25) is 0 Å². The first-order valence-electron chi connectivity index (χ1n) is 9.72. The number of carbonyl (C=O) groups excluding carboxylic acids is 1. The zero-order valence-electron chi connectivity index (χ0n) is 17.3. The topological polar surface area (TPSA) is 122 Å². The molecule has 2 N–H and O–H groups in total. The zero-order chi connectivity index (χ0) is 22.6. The van der Waals surface area contributed by atoms with Gasteiger partial charge in [0.25, 0.3) is 10.0 Å². The number of piperidine rings is 1. The molecule has 2 aromatic rings. The highest BCUT2D eigenvalue weighted by atomic mass is 32.2. The lowest BCUT2D eigenvalue weighted by atomic mass is 10.2. The van der Waals surface area contributed by atoms with E-state index in [0.717, 1.165) is 19.3 Å². The van der Waals surface area contributed by atoms with E-state index >= 15 is 0 Å². The van der Waals surface area contributed by atoms with Gasteiger partial charge in [0.1, 0.15) is 5.75 Å². The van der Waals surface area contributed by atoms with E-state index in [1.54, 1.807) is 6.07 Å². The van der Waals surface area contributed by atoms with Crippen LogP contribution in [0, 0.1) is 0 Å². The summed E-state index contributed by atoms with van der Waals surface area (Å²) in [5, 5.41) is 2.56. The molecule has 0 aliphatic carbocycles. The Bertz CT molecular complexity index is 1160. The van der Waals surface area contributed by atoms with Gasteiger partial charge >= 0.3 is 0 Å². The van der Waals surface area contributed by atoms with Gasteiger partial charge in [-0.25, -0.2) is 16.8 Å². The minimum absolute atomic E-state index is 0.0497. The number of hydrogen-bond donors (Lipinski definition) is 2. The maximum Gasteiger partial charge on any atom is 0.261 e. The number of anilines is 2. The second-order valence-electron chi connectivity index (χ2n) is 7.13. The van der Waals surface area contributed by atoms with Crippen molar-refractivity contribution in [2.75, 3.05) is 30.2 Å². The summed E-state index contributed by atoms with van der Waals surface area (Å²) in [5.41, 5.74) is 0.390. The first-order valence-corrected chi connectivity index (χ1v) is 12.6. The molecular formula is C20H25N3O6S2. The number of amides is 1. The second-order valence-corrected chi connectivity index (χ2v) is 10.8. The van der Waals surface area contributed by atoms with Crippen molar-refractivity contribution >= 4 is 37.3 Å². The molecule has 0 bridgehead atoms. The van der Waals surface area contributed by atoms with E-state index in [4.69, 9.17) is 4.74 Å². The molecule has 1 aliphatic rings. The van der Waals surface area contributed by atoms with Crippen LogP contribution in [-0.4, -0.2) is 47.2 Å². The fourth-order valence-corrected chi connectivity index (χ4v) is 5.87. The maximum absolute atomic E-state index is 12.9. The predicted octanol–water partition coefficient (Wildman–Crippen LogP) is 2.63. The Hall–Kier alpha value is -2.63. The van der Waals surface area contributed by atoms with Crippen molar-refractivity contribution in [3.05, 3.63) is 42.5 Å². The molecule has 1 heterocycles. The van der Waals surface area contributed by atoms with Gasteiger partial charge in [-0.15, -0.1) is 0 Å². The monoisotopic (exact) mass is 467 g/mol. The maximum atomic E-state index is 12.9. The number of rotatable bonds is 7. The summed E-state index contributed by atoms with van der Waals surface area (Å²) in [6, 6.07) is 9.63. The van der Waals surface area contributed by atoms with Crippen molar-refractivity contribution in [2.24, 2.45) is 0 Å². The fourth-order valence-electron chi connectivity index (χ4n) is 3.28. The van der Waals surface area contributed by atoms with Crippen molar-refractivity contribution in [2.45, 2.75) is 36.0 Å². The van der Waals surface area contributed by atoms with Crippen molar-refractivity contribution in [3.63, 3.8) is 0 Å². The molecule has 0 aromatic heterocycles. The summed E-state index contributed by atoms with van der Waals surface area (Å²) in [7, 11) is -6.27. The fraction of sp³-hybridized carbons (Fsp3) is 0.350. The highest BCUT2D eigenvalue weighted by Gasteiger charge is 2.26. The Morgan fingerprint density at radius 2 is 1.52 bits per heavy atom. The Kier molecular flexibility index (Phi) is 6.87. The van der Waals surface area contributed by atoms with E-state index in [1.165, 1.54) is 54.7 Å². The highest BCUT2D eigenvalue weighted by Crippen LogP contribution is 2.30. The molecule has 0 saturated carbocycles. The van der Waals surface area contributed by atoms with E-state index in [1.807, 2.05) is 0 Å². The molecule has 31 heavy (non-hydrogen) atoms. The summed E-state index contributed by atoms with van der Waals surface area (Å²) in [6.07, 6.45) is 2.62. The molecule has 2 aromatic carbocycles. The minimum Gasteiger partial charge on any atom is -0.497 e. The van der Waals surface area contributed by atoms with Crippen LogP contribution in [0.4, 0.5) is 11.4 Å². The molecule has 1 amide bonds. The third-order valence-electron chi connectivity index (χ3n) is 4.87. The van der Waals surface area contributed by atoms with Crippen LogP contribution < -0.4 is 14.8 Å². The summed E-state index contributed by atoms with van der Waals surface area (Å²) in [4.78, 5) is 11.4. The van der Waals surface area contributed by atoms with E-state index in [-0.39, 0.29) is 27.1 Å². The summed E-state index contributed by atoms with van der Waals surface area (Å²) >= 11 is 0. The van der Waals surface area contributed by atoms with Crippen LogP contribution in [0.15, 0.2) is 52.3 Å². The predicted molar refractivity (Wildman–Crippen MR) is 117 cm³/mol. The summed E-state index contributed by atoms with van der Waals surface area (Å²) in [6.45, 7) is 2.24. The third-order valence-corrected chi connectivity index (χ3v) is 8.16. The molecule has 9 nitrogen and oxygen atoms in total. The van der Waals surface area contributed by atoms with Gasteiger partial charge in [-0.05, 0) is 49.2 Å². The number of hydrogen-bond acceptors (Lipinski definition) is 6. The molecule has 0 spiro atoms. The molecule has 3 rings (SSSR count). The molecule has 1 aliphatic heterocycles. The zero-order valence-corrected chi connectivity index (χ0v) is 18.9. The summed E-state index contributed by atoms with van der Waals surface area (Å²) < 4.78 is 60.3. The molecule has 0 radical (unpaired) electrons. The van der Waals surface area contributed by atoms with Crippen LogP contribution in [-0.2, 0) is 24.8 Å². The van der Waals surface area contributed by atoms with Gasteiger partial charge < -0.3 is 10.1 Å². The first-order chi connectivity index (χ1) is 14.6. The average Bonchev–Trinajstić information content (AvgIpc) is 2.75. The first kappa shape index (κ1) is 23.0. The molecular weight excluding hydrogens is 442 g/mol. The van der Waals surface area contributed by atoms with Crippen LogP contribution >= 0.6 is 0 Å². The molecule has 1 saturated heterocycles. The SMILES string of the molecule is COc1ccc(NC(C)=O)c(NS(=O)(=O)c2ccc(S(=O)(=O)N3CCCCC3)cc2)c1. The number of nitrogens with zero attached hydrogens (tertiary/aromatic N) is 1. The summed E-state index contributed by atoms with van der Waals surface area (Å²) in [5.74, 6) is 0.0349. The number of carbonyl (C=O) groups is 1. The van der Waals surface area contributed by atoms with E-state index in [2.05, 4.69) is 10.0 Å². The van der Waals surface area contributed by atoms with Crippen molar-refractivity contribution < 1.29 is 26.4 Å². The Morgan fingerprint density at radius 1 is 0.903 bits per heavy atom. The van der Waals surface area contributed by atoms with E-state index in [0.29, 0.717) is 18.8 Å². The normalized spacial score (nSPS) is 15.3. The van der Waals surface area contributed by atoms with E-state index < -0.39 is 20.0 Å². The number of benzene rings is 2. The standard InChI is InChI=1S/C20H25N3O6S2/c1-15(24)21-19-11-6-16(29-2)14-20(19)22-30(25,26)17-7-9-18(10-8-17)31(27,28)23-12-4-3-5-13-23/h6-11,14,22H,3-5,12-13H2,1-2H3,(H,21,24). The second kappa shape index (κ2) is 9.25. The number of ether oxygens (including phenoxy) is 1. The van der Waals surface area contributed by atoms with Crippen molar-refractivity contribution in [3.8, 4) is 5.75 Å². The lowest BCUT2D eigenvalue weighted by molar-refractivity contribution is -0.114. The van der Waals surface area contributed by atoms with Crippen LogP contribution in [0.1, 0.15) is 26.2 Å². The van der Waals surface area contributed by atoms with E-state index in [9.17, 15) is 21.6 Å². The average molecular weight is 468 g/mol. The Labute approximate surface area is 182 Å². The van der Waals surface area contributed by atoms with Crippen LogP contribution in [0.25, 0.3) is 0 Å². The van der Waals surface area contributed by atoms with Gasteiger partial charge in [0.15, 0.2) is 0 Å². The van der Waals surface area contributed by atoms with Gasteiger partial charge in [0.2, 0.25) is 15.9 Å². The molecule has 0 unspecified atom stereocenters. The smallest absolute Gasteiger partial charge is 0.261 e. The number of nitrogens with one attached hydrogen (secondary N) is 2. The number of methoxy groups -OCH3 is 1. The molecule has 1 fully saturated rings. The van der Waals surface area contributed by atoms with Gasteiger partial charge in [-0.2, -0.15) is 4.31 Å². The molecule has 0 atom stereocenters. The van der Waals surface area contributed by atoms with Crippen molar-refractivity contribution in [1.29, 1.82) is 0 Å². The van der Waals surface area contributed by atoms with Gasteiger partial charge in [0.05, 0.1) is 28.3 Å². The van der Waals surface area contributed by atoms with Crippen LogP contribution in [0.5, 0.6) is 5.75 Å².